The molecule has 0 radical (unpaired) electrons. The average molecular weight is 274 g/mol. The van der Waals surface area contributed by atoms with Crippen molar-refractivity contribution in [3.63, 3.8) is 0 Å². The number of hydrogen-bond donors (Lipinski definition) is 1. The lowest BCUT2D eigenvalue weighted by Gasteiger charge is -2.35. The van der Waals surface area contributed by atoms with Crippen LogP contribution in [-0.2, 0) is 9.84 Å². The zero-order valence-corrected chi connectivity index (χ0v) is 12.4. The summed E-state index contributed by atoms with van der Waals surface area (Å²) < 4.78 is 22.7. The molecule has 0 aromatic rings. The average Bonchev–Trinajstić information content (AvgIpc) is 2.63. The highest BCUT2D eigenvalue weighted by atomic mass is 32.2. The molecule has 0 bridgehead atoms. The predicted octanol–water partition coefficient (Wildman–Crippen LogP) is 0.741. The Morgan fingerprint density at radius 2 is 2.00 bits per heavy atom. The maximum absolute atomic E-state index is 11.3. The van der Waals surface area contributed by atoms with Gasteiger partial charge in [-0.15, -0.1) is 0 Å². The number of rotatable bonds is 4. The molecule has 18 heavy (non-hydrogen) atoms. The molecule has 0 aromatic carbocycles. The monoisotopic (exact) mass is 274 g/mol. The van der Waals surface area contributed by atoms with E-state index in [2.05, 4.69) is 24.1 Å². The Morgan fingerprint density at radius 1 is 1.22 bits per heavy atom. The summed E-state index contributed by atoms with van der Waals surface area (Å²) in [7, 11) is -2.74. The van der Waals surface area contributed by atoms with Gasteiger partial charge in [0.1, 0.15) is 0 Å². The summed E-state index contributed by atoms with van der Waals surface area (Å²) in [6.45, 7) is 9.01. The molecule has 0 amide bonds. The van der Waals surface area contributed by atoms with E-state index in [1.807, 2.05) is 0 Å². The highest BCUT2D eigenvalue weighted by Crippen LogP contribution is 2.21. The van der Waals surface area contributed by atoms with Crippen LogP contribution in [0.15, 0.2) is 0 Å². The van der Waals surface area contributed by atoms with Crippen molar-refractivity contribution in [1.29, 1.82) is 0 Å². The molecule has 2 saturated heterocycles. The van der Waals surface area contributed by atoms with Gasteiger partial charge in [-0.2, -0.15) is 0 Å². The van der Waals surface area contributed by atoms with Gasteiger partial charge in [0.05, 0.1) is 11.5 Å². The van der Waals surface area contributed by atoms with Crippen LogP contribution in [0.2, 0.25) is 0 Å². The molecular weight excluding hydrogens is 248 g/mol. The molecule has 2 aliphatic rings. The van der Waals surface area contributed by atoms with Crippen LogP contribution in [0, 0.1) is 11.8 Å². The first kappa shape index (κ1) is 14.3. The SMILES string of the molecule is CC1CCN(CCNC2CCS(=O)(=O)C2)CC1C. The van der Waals surface area contributed by atoms with Crippen molar-refractivity contribution in [2.75, 3.05) is 37.7 Å². The molecule has 0 saturated carbocycles. The highest BCUT2D eigenvalue weighted by molar-refractivity contribution is 7.91. The topological polar surface area (TPSA) is 49.4 Å². The van der Waals surface area contributed by atoms with Gasteiger partial charge in [-0.05, 0) is 31.2 Å². The Bertz CT molecular complexity index is 369. The lowest BCUT2D eigenvalue weighted by Crippen LogP contribution is -2.43. The van der Waals surface area contributed by atoms with Gasteiger partial charge in [0, 0.05) is 25.7 Å². The third-order valence-electron chi connectivity index (χ3n) is 4.51. The first-order chi connectivity index (χ1) is 8.46. The molecule has 0 aliphatic carbocycles. The number of piperidine rings is 1. The summed E-state index contributed by atoms with van der Waals surface area (Å²) >= 11 is 0. The summed E-state index contributed by atoms with van der Waals surface area (Å²) in [4.78, 5) is 2.50. The maximum Gasteiger partial charge on any atom is 0.151 e. The second kappa shape index (κ2) is 5.88. The fourth-order valence-electron chi connectivity index (χ4n) is 2.94. The zero-order valence-electron chi connectivity index (χ0n) is 11.6. The summed E-state index contributed by atoms with van der Waals surface area (Å²) in [5.41, 5.74) is 0. The lowest BCUT2D eigenvalue weighted by atomic mass is 9.89. The smallest absolute Gasteiger partial charge is 0.151 e. The molecule has 0 aromatic heterocycles. The van der Waals surface area contributed by atoms with Crippen molar-refractivity contribution in [3.8, 4) is 0 Å². The predicted molar refractivity (Wildman–Crippen MR) is 74.4 cm³/mol. The lowest BCUT2D eigenvalue weighted by molar-refractivity contribution is 0.138. The Labute approximate surface area is 111 Å². The molecule has 5 heteroatoms. The van der Waals surface area contributed by atoms with E-state index in [-0.39, 0.29) is 6.04 Å². The third kappa shape index (κ3) is 3.93. The van der Waals surface area contributed by atoms with Crippen LogP contribution in [0.1, 0.15) is 26.7 Å². The fourth-order valence-corrected chi connectivity index (χ4v) is 4.64. The Morgan fingerprint density at radius 3 is 2.61 bits per heavy atom. The summed E-state index contributed by atoms with van der Waals surface area (Å²) in [6, 6.07) is 0.191. The van der Waals surface area contributed by atoms with Crippen LogP contribution in [0.25, 0.3) is 0 Å². The molecule has 4 nitrogen and oxygen atoms in total. The van der Waals surface area contributed by atoms with Gasteiger partial charge in [-0.1, -0.05) is 13.8 Å². The van der Waals surface area contributed by atoms with Gasteiger partial charge in [0.25, 0.3) is 0 Å². The van der Waals surface area contributed by atoms with Crippen LogP contribution in [0.5, 0.6) is 0 Å². The first-order valence-corrected chi connectivity index (χ1v) is 8.94. The Hall–Kier alpha value is -0.130. The van der Waals surface area contributed by atoms with Crippen molar-refractivity contribution in [1.82, 2.24) is 10.2 Å². The minimum atomic E-state index is -2.74. The number of likely N-dealkylation sites (tertiary alicyclic amines) is 1. The zero-order chi connectivity index (χ0) is 13.2. The van der Waals surface area contributed by atoms with E-state index in [0.717, 1.165) is 31.3 Å². The third-order valence-corrected chi connectivity index (χ3v) is 6.28. The molecule has 2 fully saturated rings. The van der Waals surface area contributed by atoms with Crippen molar-refractivity contribution < 1.29 is 8.42 Å². The summed E-state index contributed by atoms with van der Waals surface area (Å²) in [5.74, 6) is 2.32. The van der Waals surface area contributed by atoms with Crippen molar-refractivity contribution in [2.24, 2.45) is 11.8 Å². The van der Waals surface area contributed by atoms with E-state index in [1.165, 1.54) is 19.5 Å². The van der Waals surface area contributed by atoms with Crippen LogP contribution in [0.4, 0.5) is 0 Å². The van der Waals surface area contributed by atoms with E-state index in [9.17, 15) is 8.42 Å². The minimum absolute atomic E-state index is 0.191. The fraction of sp³-hybridized carbons (Fsp3) is 1.00. The van der Waals surface area contributed by atoms with Gasteiger partial charge >= 0.3 is 0 Å². The van der Waals surface area contributed by atoms with Gasteiger partial charge in [-0.3, -0.25) is 0 Å². The Kier molecular flexibility index (Phi) is 4.67. The molecule has 0 spiro atoms. The Balaban J connectivity index is 1.64. The molecule has 2 rings (SSSR count). The van der Waals surface area contributed by atoms with Crippen LogP contribution < -0.4 is 5.32 Å². The van der Waals surface area contributed by atoms with Gasteiger partial charge < -0.3 is 10.2 Å². The van der Waals surface area contributed by atoms with Crippen LogP contribution >= 0.6 is 0 Å². The van der Waals surface area contributed by atoms with Gasteiger partial charge in [-0.25, -0.2) is 8.42 Å². The van der Waals surface area contributed by atoms with Gasteiger partial charge in [0.15, 0.2) is 9.84 Å². The summed E-state index contributed by atoms with van der Waals surface area (Å²) in [5, 5.41) is 3.39. The number of nitrogens with one attached hydrogen (secondary N) is 1. The quantitative estimate of drug-likeness (QED) is 0.821. The normalized spacial score (nSPS) is 36.9. The minimum Gasteiger partial charge on any atom is -0.312 e. The largest absolute Gasteiger partial charge is 0.312 e. The molecule has 3 atom stereocenters. The second-order valence-electron chi connectivity index (χ2n) is 6.10. The highest BCUT2D eigenvalue weighted by Gasteiger charge is 2.27. The molecule has 1 N–H and O–H groups in total. The molecule has 2 aliphatic heterocycles. The standard InChI is InChI=1S/C13H26N2O2S/c1-11-3-6-15(9-12(11)2)7-5-14-13-4-8-18(16,17)10-13/h11-14H,3-10H2,1-2H3. The van der Waals surface area contributed by atoms with E-state index < -0.39 is 9.84 Å². The van der Waals surface area contributed by atoms with Crippen LogP contribution in [0.3, 0.4) is 0 Å². The van der Waals surface area contributed by atoms with E-state index in [0.29, 0.717) is 11.5 Å². The van der Waals surface area contributed by atoms with Gasteiger partial charge in [0.2, 0.25) is 0 Å². The number of hydrogen-bond acceptors (Lipinski definition) is 4. The molecule has 2 heterocycles. The van der Waals surface area contributed by atoms with E-state index in [4.69, 9.17) is 0 Å². The van der Waals surface area contributed by atoms with Crippen LogP contribution in [-0.4, -0.2) is 57.0 Å². The molecule has 3 unspecified atom stereocenters. The van der Waals surface area contributed by atoms with Crippen molar-refractivity contribution >= 4 is 9.84 Å². The van der Waals surface area contributed by atoms with Crippen molar-refractivity contribution in [3.05, 3.63) is 0 Å². The van der Waals surface area contributed by atoms with E-state index in [1.54, 1.807) is 0 Å². The number of nitrogens with zero attached hydrogens (tertiary/aromatic N) is 1. The van der Waals surface area contributed by atoms with Crippen molar-refractivity contribution in [2.45, 2.75) is 32.7 Å². The number of sulfone groups is 1. The summed E-state index contributed by atoms with van der Waals surface area (Å²) in [6.07, 6.45) is 2.08. The van der Waals surface area contributed by atoms with E-state index >= 15 is 0 Å². The molecule has 106 valence electrons. The second-order valence-corrected chi connectivity index (χ2v) is 8.33. The first-order valence-electron chi connectivity index (χ1n) is 7.12. The maximum atomic E-state index is 11.3. The molecular formula is C13H26N2O2S.